The number of hydrogen-bond acceptors (Lipinski definition) is 4. The molecule has 0 atom stereocenters. The van der Waals surface area contributed by atoms with E-state index in [4.69, 9.17) is 21.1 Å². The van der Waals surface area contributed by atoms with Crippen LogP contribution in [0.25, 0.3) is 11.1 Å². The number of aryl methyl sites for hydroxylation is 1. The van der Waals surface area contributed by atoms with Gasteiger partial charge in [0.05, 0.1) is 6.67 Å². The van der Waals surface area contributed by atoms with Crippen LogP contribution in [0, 0.1) is 12.8 Å². The number of phenols is 1. The predicted octanol–water partition coefficient (Wildman–Crippen LogP) is 6.64. The lowest BCUT2D eigenvalue weighted by atomic mass is 9.93. The molecule has 0 aromatic heterocycles. The van der Waals surface area contributed by atoms with Crippen LogP contribution in [0.5, 0.6) is 17.2 Å². The normalized spacial score (nSPS) is 15.4. The molecule has 5 rings (SSSR count). The zero-order valence-electron chi connectivity index (χ0n) is 20.1. The minimum Gasteiger partial charge on any atom is -0.508 e. The predicted molar refractivity (Wildman–Crippen MR) is 140 cm³/mol. The van der Waals surface area contributed by atoms with Gasteiger partial charge in [0.15, 0.2) is 0 Å². The van der Waals surface area contributed by atoms with E-state index in [9.17, 15) is 9.50 Å². The van der Waals surface area contributed by atoms with Gasteiger partial charge in [-0.3, -0.25) is 9.29 Å². The van der Waals surface area contributed by atoms with Crippen molar-refractivity contribution in [2.75, 3.05) is 39.5 Å². The summed E-state index contributed by atoms with van der Waals surface area (Å²) in [6, 6.07) is 20.9. The Labute approximate surface area is 211 Å². The number of hydrogen-bond donors (Lipinski definition) is 1. The first kappa shape index (κ1) is 25.1. The quantitative estimate of drug-likeness (QED) is 0.416. The Morgan fingerprint density at radius 2 is 1.83 bits per heavy atom. The van der Waals surface area contributed by atoms with Gasteiger partial charge in [-0.1, -0.05) is 41.4 Å². The molecular formula is C29H31ClFNO3. The molecule has 0 bridgehead atoms. The second-order valence-electron chi connectivity index (χ2n) is 9.02. The number of aromatic hydroxyl groups is 1. The van der Waals surface area contributed by atoms with E-state index in [0.717, 1.165) is 53.4 Å². The van der Waals surface area contributed by atoms with Gasteiger partial charge in [0, 0.05) is 41.7 Å². The van der Waals surface area contributed by atoms with E-state index in [-0.39, 0.29) is 18.3 Å². The molecule has 1 fully saturated rings. The van der Waals surface area contributed by atoms with Crippen molar-refractivity contribution in [3.8, 4) is 17.2 Å². The van der Waals surface area contributed by atoms with Crippen molar-refractivity contribution in [2.24, 2.45) is 5.92 Å². The highest BCUT2D eigenvalue weighted by molar-refractivity contribution is 6.30. The van der Waals surface area contributed by atoms with Crippen molar-refractivity contribution in [3.63, 3.8) is 0 Å². The number of likely N-dealkylation sites (tertiary alicyclic amines) is 1. The Balaban J connectivity index is 0.000000168. The van der Waals surface area contributed by atoms with Gasteiger partial charge in [-0.15, -0.1) is 0 Å². The van der Waals surface area contributed by atoms with E-state index in [1.807, 2.05) is 55.5 Å². The van der Waals surface area contributed by atoms with Gasteiger partial charge in [0.1, 0.15) is 30.5 Å². The van der Waals surface area contributed by atoms with Gasteiger partial charge >= 0.3 is 0 Å². The van der Waals surface area contributed by atoms with Crippen LogP contribution in [0.4, 0.5) is 4.39 Å². The molecule has 1 N–H and O–H groups in total. The fraction of sp³-hybridized carbons (Fsp3) is 0.310. The average Bonchev–Trinajstić information content (AvgIpc) is 2.83. The first-order chi connectivity index (χ1) is 16.9. The maximum absolute atomic E-state index is 12.2. The Bertz CT molecular complexity index is 1170. The third kappa shape index (κ3) is 6.56. The molecule has 0 spiro atoms. The number of rotatable bonds is 6. The molecule has 0 amide bonds. The number of fused-ring (bicyclic) bond motifs is 1. The summed E-state index contributed by atoms with van der Waals surface area (Å²) in [4.78, 5) is 2.22. The van der Waals surface area contributed by atoms with Crippen LogP contribution in [0.3, 0.4) is 0 Å². The fourth-order valence-corrected chi connectivity index (χ4v) is 4.41. The van der Waals surface area contributed by atoms with Crippen LogP contribution in [0.15, 0.2) is 66.7 Å². The molecule has 4 nitrogen and oxygen atoms in total. The molecule has 1 saturated heterocycles. The van der Waals surface area contributed by atoms with Crippen LogP contribution in [0.2, 0.25) is 5.02 Å². The summed E-state index contributed by atoms with van der Waals surface area (Å²) in [6.45, 7) is 7.77. The first-order valence-electron chi connectivity index (χ1n) is 11.8. The summed E-state index contributed by atoms with van der Waals surface area (Å²) in [5, 5.41) is 10.3. The lowest BCUT2D eigenvalue weighted by Gasteiger charge is -2.37. The van der Waals surface area contributed by atoms with E-state index in [2.05, 4.69) is 11.8 Å². The molecule has 3 aromatic rings. The van der Waals surface area contributed by atoms with E-state index in [1.54, 1.807) is 18.2 Å². The molecule has 0 radical (unpaired) electrons. The minimum absolute atomic E-state index is 0.185. The summed E-state index contributed by atoms with van der Waals surface area (Å²) in [7, 11) is 0. The highest BCUT2D eigenvalue weighted by Gasteiger charge is 2.25. The second-order valence-corrected chi connectivity index (χ2v) is 9.46. The van der Waals surface area contributed by atoms with Crippen molar-refractivity contribution in [3.05, 3.63) is 88.4 Å². The maximum Gasteiger partial charge on any atom is 0.127 e. The summed E-state index contributed by atoms with van der Waals surface area (Å²) in [5.41, 5.74) is 5.43. The molecule has 35 heavy (non-hydrogen) atoms. The Hall–Kier alpha value is -3.02. The third-order valence-electron chi connectivity index (χ3n) is 6.31. The fourth-order valence-electron chi connectivity index (χ4n) is 4.22. The van der Waals surface area contributed by atoms with Crippen LogP contribution in [-0.4, -0.2) is 49.5 Å². The average molecular weight is 496 g/mol. The zero-order valence-corrected chi connectivity index (χ0v) is 20.9. The lowest BCUT2D eigenvalue weighted by Crippen LogP contribution is -2.49. The second kappa shape index (κ2) is 11.6. The standard InChI is InChI=1S/C16H13ClO2.C13H18FNO/c1-10-14-8-13(18)5-6-16(14)19-9-15(10)11-3-2-4-12(17)7-11;1-11-2-4-13(5-3-11)16-7-6-15-9-12(8-14)10-15/h2-8,18H,9H2,1H3;2-5,12H,6-10H2,1H3. The topological polar surface area (TPSA) is 41.9 Å². The molecule has 3 aromatic carbocycles. The smallest absolute Gasteiger partial charge is 0.127 e. The van der Waals surface area contributed by atoms with Crippen molar-refractivity contribution >= 4 is 22.7 Å². The third-order valence-corrected chi connectivity index (χ3v) is 6.55. The van der Waals surface area contributed by atoms with Gasteiger partial charge in [-0.05, 0) is 67.4 Å². The van der Waals surface area contributed by atoms with Crippen molar-refractivity contribution < 1.29 is 19.0 Å². The lowest BCUT2D eigenvalue weighted by molar-refractivity contribution is 0.0668. The van der Waals surface area contributed by atoms with Crippen molar-refractivity contribution in [1.82, 2.24) is 4.90 Å². The monoisotopic (exact) mass is 495 g/mol. The molecule has 0 saturated carbocycles. The van der Waals surface area contributed by atoms with Gasteiger partial charge in [-0.2, -0.15) is 0 Å². The summed E-state index contributed by atoms with van der Waals surface area (Å²) in [6.07, 6.45) is 0. The Morgan fingerprint density at radius 3 is 2.54 bits per heavy atom. The number of halogens is 2. The van der Waals surface area contributed by atoms with E-state index in [1.165, 1.54) is 5.56 Å². The molecule has 0 unspecified atom stereocenters. The maximum atomic E-state index is 12.2. The van der Waals surface area contributed by atoms with Crippen LogP contribution in [0.1, 0.15) is 23.6 Å². The molecule has 6 heteroatoms. The largest absolute Gasteiger partial charge is 0.508 e. The van der Waals surface area contributed by atoms with Gasteiger partial charge in [0.25, 0.3) is 0 Å². The number of alkyl halides is 1. The molecule has 2 heterocycles. The molecule has 184 valence electrons. The van der Waals surface area contributed by atoms with E-state index < -0.39 is 0 Å². The molecule has 2 aliphatic heterocycles. The molecular weight excluding hydrogens is 465 g/mol. The summed E-state index contributed by atoms with van der Waals surface area (Å²) in [5.74, 6) is 2.22. The Morgan fingerprint density at radius 1 is 1.06 bits per heavy atom. The number of benzene rings is 3. The van der Waals surface area contributed by atoms with Crippen molar-refractivity contribution in [2.45, 2.75) is 13.8 Å². The number of phenolic OH excluding ortho intramolecular Hbond substituents is 1. The zero-order chi connectivity index (χ0) is 24.8. The van der Waals surface area contributed by atoms with Crippen LogP contribution in [-0.2, 0) is 0 Å². The van der Waals surface area contributed by atoms with E-state index >= 15 is 0 Å². The summed E-state index contributed by atoms with van der Waals surface area (Å²) >= 11 is 6.03. The minimum atomic E-state index is -0.185. The van der Waals surface area contributed by atoms with Crippen LogP contribution >= 0.6 is 11.6 Å². The van der Waals surface area contributed by atoms with E-state index in [0.29, 0.717) is 18.2 Å². The SMILES string of the molecule is CC1=C(c2cccc(Cl)c2)COc2ccc(O)cc21.Cc1ccc(OCCN2CC(CF)C2)cc1. The first-order valence-corrected chi connectivity index (χ1v) is 12.2. The molecule has 2 aliphatic rings. The number of ether oxygens (including phenoxy) is 2. The van der Waals surface area contributed by atoms with Gasteiger partial charge < -0.3 is 14.6 Å². The van der Waals surface area contributed by atoms with Crippen LogP contribution < -0.4 is 9.47 Å². The summed E-state index contributed by atoms with van der Waals surface area (Å²) < 4.78 is 23.5. The van der Waals surface area contributed by atoms with Gasteiger partial charge in [-0.25, -0.2) is 0 Å². The van der Waals surface area contributed by atoms with Gasteiger partial charge in [0.2, 0.25) is 0 Å². The molecule has 0 aliphatic carbocycles. The highest BCUT2D eigenvalue weighted by atomic mass is 35.5. The van der Waals surface area contributed by atoms with Crippen molar-refractivity contribution in [1.29, 1.82) is 0 Å². The highest BCUT2D eigenvalue weighted by Crippen LogP contribution is 2.38. The Kier molecular flexibility index (Phi) is 8.32. The number of allylic oxidation sites excluding steroid dienone is 1. The number of nitrogens with zero attached hydrogens (tertiary/aromatic N) is 1.